The summed E-state index contributed by atoms with van der Waals surface area (Å²) in [7, 11) is -0.466. The normalized spacial score (nSPS) is 11.1. The molecule has 0 aliphatic heterocycles. The van der Waals surface area contributed by atoms with Crippen molar-refractivity contribution in [1.29, 1.82) is 0 Å². The lowest BCUT2D eigenvalue weighted by atomic mass is 10.2. The standard InChI is InChI=1S/C25H28N2O4S/c1-19-5-13-23(14-6-19)31-18-17-26(3)25(28)21-9-11-22(12-10-21)27(4)32(29,30)24-15-7-20(2)8-16-24/h5-16H,17-18H2,1-4H3. The second-order valence-corrected chi connectivity index (χ2v) is 9.69. The Hall–Kier alpha value is -3.32. The number of sulfonamides is 1. The molecule has 0 spiro atoms. The molecule has 0 unspecified atom stereocenters. The van der Waals surface area contributed by atoms with Gasteiger partial charge in [0.1, 0.15) is 12.4 Å². The lowest BCUT2D eigenvalue weighted by molar-refractivity contribution is 0.0774. The molecular weight excluding hydrogens is 424 g/mol. The first-order valence-electron chi connectivity index (χ1n) is 10.3. The second kappa shape index (κ2) is 9.87. The van der Waals surface area contributed by atoms with Crippen molar-refractivity contribution in [3.8, 4) is 5.75 Å². The molecule has 0 bridgehead atoms. The molecule has 168 valence electrons. The van der Waals surface area contributed by atoms with Gasteiger partial charge in [-0.15, -0.1) is 0 Å². The number of benzene rings is 3. The van der Waals surface area contributed by atoms with E-state index in [4.69, 9.17) is 4.74 Å². The zero-order valence-electron chi connectivity index (χ0n) is 18.8. The fourth-order valence-electron chi connectivity index (χ4n) is 3.08. The van der Waals surface area contributed by atoms with Gasteiger partial charge in [-0.25, -0.2) is 8.42 Å². The number of anilines is 1. The minimum Gasteiger partial charge on any atom is -0.492 e. The zero-order valence-corrected chi connectivity index (χ0v) is 19.6. The van der Waals surface area contributed by atoms with Gasteiger partial charge in [0.25, 0.3) is 15.9 Å². The van der Waals surface area contributed by atoms with Crippen LogP contribution in [0.25, 0.3) is 0 Å². The number of nitrogens with zero attached hydrogens (tertiary/aromatic N) is 2. The van der Waals surface area contributed by atoms with Crippen molar-refractivity contribution in [3.63, 3.8) is 0 Å². The number of carbonyl (C=O) groups is 1. The van der Waals surface area contributed by atoms with Gasteiger partial charge in [0.05, 0.1) is 17.1 Å². The van der Waals surface area contributed by atoms with Gasteiger partial charge in [-0.2, -0.15) is 0 Å². The Morgan fingerprint density at radius 3 is 1.91 bits per heavy atom. The van der Waals surface area contributed by atoms with E-state index in [9.17, 15) is 13.2 Å². The van der Waals surface area contributed by atoms with E-state index in [1.165, 1.54) is 11.4 Å². The Balaban J connectivity index is 1.61. The molecule has 0 aromatic heterocycles. The number of likely N-dealkylation sites (N-methyl/N-ethyl adjacent to an activating group) is 1. The number of amides is 1. The summed E-state index contributed by atoms with van der Waals surface area (Å²) in [4.78, 5) is 14.5. The van der Waals surface area contributed by atoms with Gasteiger partial charge in [0.15, 0.2) is 0 Å². The van der Waals surface area contributed by atoms with Crippen LogP contribution in [0.1, 0.15) is 21.5 Å². The van der Waals surface area contributed by atoms with E-state index in [-0.39, 0.29) is 10.8 Å². The van der Waals surface area contributed by atoms with E-state index in [0.717, 1.165) is 16.9 Å². The van der Waals surface area contributed by atoms with E-state index in [1.807, 2.05) is 38.1 Å². The molecule has 7 heteroatoms. The van der Waals surface area contributed by atoms with E-state index in [2.05, 4.69) is 0 Å². The molecule has 32 heavy (non-hydrogen) atoms. The monoisotopic (exact) mass is 452 g/mol. The Bertz CT molecular complexity index is 1160. The average Bonchev–Trinajstić information content (AvgIpc) is 2.79. The average molecular weight is 453 g/mol. The summed E-state index contributed by atoms with van der Waals surface area (Å²) in [6.07, 6.45) is 0. The van der Waals surface area contributed by atoms with Crippen molar-refractivity contribution < 1.29 is 17.9 Å². The summed E-state index contributed by atoms with van der Waals surface area (Å²) in [5.74, 6) is 0.603. The molecule has 3 rings (SSSR count). The second-order valence-electron chi connectivity index (χ2n) is 7.72. The van der Waals surface area contributed by atoms with E-state index < -0.39 is 10.0 Å². The van der Waals surface area contributed by atoms with E-state index >= 15 is 0 Å². The summed E-state index contributed by atoms with van der Waals surface area (Å²) >= 11 is 0. The molecule has 0 saturated carbocycles. The first kappa shape index (κ1) is 23.3. The first-order valence-corrected chi connectivity index (χ1v) is 11.7. The molecule has 0 radical (unpaired) electrons. The SMILES string of the molecule is Cc1ccc(OCCN(C)C(=O)c2ccc(N(C)S(=O)(=O)c3ccc(C)cc3)cc2)cc1. The fraction of sp³-hybridized carbons (Fsp3) is 0.240. The summed E-state index contributed by atoms with van der Waals surface area (Å²) < 4.78 is 32.6. The predicted octanol–water partition coefficient (Wildman–Crippen LogP) is 4.28. The number of hydrogen-bond donors (Lipinski definition) is 0. The maximum absolute atomic E-state index is 12.9. The highest BCUT2D eigenvalue weighted by Gasteiger charge is 2.21. The topological polar surface area (TPSA) is 66.9 Å². The van der Waals surface area contributed by atoms with Crippen molar-refractivity contribution >= 4 is 21.6 Å². The molecule has 0 N–H and O–H groups in total. The van der Waals surface area contributed by atoms with Crippen LogP contribution >= 0.6 is 0 Å². The van der Waals surface area contributed by atoms with Crippen molar-refractivity contribution in [3.05, 3.63) is 89.5 Å². The Morgan fingerprint density at radius 2 is 1.34 bits per heavy atom. The predicted molar refractivity (Wildman–Crippen MR) is 127 cm³/mol. The smallest absolute Gasteiger partial charge is 0.264 e. The molecule has 1 amide bonds. The van der Waals surface area contributed by atoms with Crippen LogP contribution in [0.15, 0.2) is 77.7 Å². The van der Waals surface area contributed by atoms with Crippen LogP contribution in [-0.2, 0) is 10.0 Å². The summed E-state index contributed by atoms with van der Waals surface area (Å²) in [6.45, 7) is 4.72. The Labute approximate surface area is 190 Å². The number of ether oxygens (including phenoxy) is 1. The van der Waals surface area contributed by atoms with Gasteiger partial charge in [0.2, 0.25) is 0 Å². The minimum atomic E-state index is -3.68. The van der Waals surface area contributed by atoms with Gasteiger partial charge in [0, 0.05) is 19.7 Å². The molecule has 6 nitrogen and oxygen atoms in total. The highest BCUT2D eigenvalue weighted by Crippen LogP contribution is 2.23. The molecule has 3 aromatic carbocycles. The Kier molecular flexibility index (Phi) is 7.20. The number of rotatable bonds is 8. The van der Waals surface area contributed by atoms with Gasteiger partial charge in [-0.05, 0) is 62.4 Å². The largest absolute Gasteiger partial charge is 0.492 e. The molecule has 0 aliphatic carbocycles. The quantitative estimate of drug-likeness (QED) is 0.512. The van der Waals surface area contributed by atoms with Gasteiger partial charge in [-0.1, -0.05) is 35.4 Å². The molecular formula is C25H28N2O4S. The zero-order chi connectivity index (χ0) is 23.3. The van der Waals surface area contributed by atoms with E-state index in [1.54, 1.807) is 60.5 Å². The third-order valence-corrected chi connectivity index (χ3v) is 7.02. The number of hydrogen-bond acceptors (Lipinski definition) is 4. The highest BCUT2D eigenvalue weighted by atomic mass is 32.2. The van der Waals surface area contributed by atoms with Crippen molar-refractivity contribution in [2.75, 3.05) is 31.6 Å². The third-order valence-electron chi connectivity index (χ3n) is 5.22. The van der Waals surface area contributed by atoms with Crippen LogP contribution in [0.4, 0.5) is 5.69 Å². The maximum atomic E-state index is 12.9. The van der Waals surface area contributed by atoms with Crippen LogP contribution in [0, 0.1) is 13.8 Å². The molecule has 0 atom stereocenters. The van der Waals surface area contributed by atoms with Crippen molar-refractivity contribution in [1.82, 2.24) is 4.90 Å². The summed E-state index contributed by atoms with van der Waals surface area (Å²) in [5, 5.41) is 0. The van der Waals surface area contributed by atoms with Crippen LogP contribution in [-0.4, -0.2) is 46.5 Å². The van der Waals surface area contributed by atoms with Crippen molar-refractivity contribution in [2.45, 2.75) is 18.7 Å². The molecule has 0 heterocycles. The van der Waals surface area contributed by atoms with Gasteiger partial charge < -0.3 is 9.64 Å². The molecule has 0 fully saturated rings. The maximum Gasteiger partial charge on any atom is 0.264 e. The summed E-state index contributed by atoms with van der Waals surface area (Å²) in [5.41, 5.74) is 3.11. The van der Waals surface area contributed by atoms with Crippen LogP contribution in [0.2, 0.25) is 0 Å². The van der Waals surface area contributed by atoms with Gasteiger partial charge >= 0.3 is 0 Å². The lowest BCUT2D eigenvalue weighted by Crippen LogP contribution is -2.31. The van der Waals surface area contributed by atoms with Crippen LogP contribution < -0.4 is 9.04 Å². The summed E-state index contributed by atoms with van der Waals surface area (Å²) in [6, 6.07) is 21.0. The lowest BCUT2D eigenvalue weighted by Gasteiger charge is -2.21. The molecule has 0 aliphatic rings. The Morgan fingerprint density at radius 1 is 0.812 bits per heavy atom. The van der Waals surface area contributed by atoms with Gasteiger partial charge in [-0.3, -0.25) is 9.10 Å². The highest BCUT2D eigenvalue weighted by molar-refractivity contribution is 7.92. The minimum absolute atomic E-state index is 0.159. The number of carbonyl (C=O) groups excluding carboxylic acids is 1. The van der Waals surface area contributed by atoms with Crippen molar-refractivity contribution in [2.24, 2.45) is 0 Å². The third kappa shape index (κ3) is 5.48. The molecule has 3 aromatic rings. The first-order chi connectivity index (χ1) is 15.2. The fourth-order valence-corrected chi connectivity index (χ4v) is 4.27. The van der Waals surface area contributed by atoms with E-state index in [0.29, 0.717) is 24.4 Å². The number of aryl methyl sites for hydroxylation is 2. The molecule has 0 saturated heterocycles. The van der Waals surface area contributed by atoms with Crippen LogP contribution in [0.3, 0.4) is 0 Å². The van der Waals surface area contributed by atoms with Crippen LogP contribution in [0.5, 0.6) is 5.75 Å².